The first-order valence-corrected chi connectivity index (χ1v) is 10.9. The molecule has 0 radical (unpaired) electrons. The van der Waals surface area contributed by atoms with E-state index in [1.54, 1.807) is 16.7 Å². The molecule has 7 nitrogen and oxygen atoms in total. The molecule has 8 heteroatoms. The maximum atomic E-state index is 13.1. The van der Waals surface area contributed by atoms with Gasteiger partial charge in [0.05, 0.1) is 10.9 Å². The summed E-state index contributed by atoms with van der Waals surface area (Å²) in [6.07, 6.45) is 4.15. The Labute approximate surface area is 177 Å². The summed E-state index contributed by atoms with van der Waals surface area (Å²) in [5.41, 5.74) is 7.94. The largest absolute Gasteiger partial charge is 0.365 e. The van der Waals surface area contributed by atoms with Crippen LogP contribution in [0.15, 0.2) is 23.1 Å². The van der Waals surface area contributed by atoms with Gasteiger partial charge in [0.2, 0.25) is 5.43 Å². The number of nitrogens with one attached hydrogen (secondary N) is 1. The van der Waals surface area contributed by atoms with Gasteiger partial charge in [0.25, 0.3) is 11.8 Å². The van der Waals surface area contributed by atoms with Crippen molar-refractivity contribution in [2.45, 2.75) is 46.6 Å². The molecule has 1 aliphatic rings. The molecule has 156 valence electrons. The van der Waals surface area contributed by atoms with Crippen LogP contribution in [0.5, 0.6) is 0 Å². The van der Waals surface area contributed by atoms with E-state index in [1.165, 1.54) is 17.5 Å². The third-order valence-corrected chi connectivity index (χ3v) is 6.80. The van der Waals surface area contributed by atoms with Crippen LogP contribution in [0.1, 0.15) is 57.1 Å². The third-order valence-electron chi connectivity index (χ3n) is 5.63. The van der Waals surface area contributed by atoms with Crippen molar-refractivity contribution in [1.29, 1.82) is 0 Å². The van der Waals surface area contributed by atoms with Gasteiger partial charge in [-0.2, -0.15) is 0 Å². The maximum Gasteiger partial charge on any atom is 0.261 e. The van der Waals surface area contributed by atoms with Gasteiger partial charge in [0, 0.05) is 23.3 Å². The molecule has 3 aromatic rings. The fourth-order valence-electron chi connectivity index (χ4n) is 4.03. The summed E-state index contributed by atoms with van der Waals surface area (Å²) in [5.74, 6) is -0.575. The molecule has 30 heavy (non-hydrogen) atoms. The molecule has 0 saturated carbocycles. The van der Waals surface area contributed by atoms with Gasteiger partial charge in [-0.15, -0.1) is 11.3 Å². The number of aryl methyl sites for hydroxylation is 2. The lowest BCUT2D eigenvalue weighted by atomic mass is 9.88. The van der Waals surface area contributed by atoms with Gasteiger partial charge in [-0.25, -0.2) is 4.98 Å². The third kappa shape index (κ3) is 3.41. The number of carbonyl (C=O) groups is 2. The molecule has 0 bridgehead atoms. The highest BCUT2D eigenvalue weighted by molar-refractivity contribution is 7.17. The van der Waals surface area contributed by atoms with Crippen LogP contribution in [0.4, 0.5) is 5.00 Å². The highest BCUT2D eigenvalue weighted by Gasteiger charge is 2.28. The molecule has 3 aromatic heterocycles. The zero-order chi connectivity index (χ0) is 21.6. The number of rotatable bonds is 4. The zero-order valence-electron chi connectivity index (χ0n) is 17.2. The molecular formula is C22H24N4O3S. The summed E-state index contributed by atoms with van der Waals surface area (Å²) in [7, 11) is 0. The zero-order valence-corrected chi connectivity index (χ0v) is 18.1. The van der Waals surface area contributed by atoms with Gasteiger partial charge in [0.15, 0.2) is 0 Å². The monoisotopic (exact) mass is 424 g/mol. The van der Waals surface area contributed by atoms with Gasteiger partial charge in [-0.1, -0.05) is 6.92 Å². The average Bonchev–Trinajstić information content (AvgIpc) is 3.05. The number of anilines is 1. The summed E-state index contributed by atoms with van der Waals surface area (Å²) in [4.78, 5) is 43.7. The van der Waals surface area contributed by atoms with E-state index in [1.807, 2.05) is 13.8 Å². The van der Waals surface area contributed by atoms with Crippen LogP contribution in [-0.2, 0) is 19.4 Å². The topological polar surface area (TPSA) is 107 Å². The van der Waals surface area contributed by atoms with Crippen molar-refractivity contribution < 1.29 is 9.59 Å². The van der Waals surface area contributed by atoms with Crippen molar-refractivity contribution in [3.63, 3.8) is 0 Å². The van der Waals surface area contributed by atoms with E-state index in [2.05, 4.69) is 17.2 Å². The van der Waals surface area contributed by atoms with Crippen LogP contribution in [0.2, 0.25) is 0 Å². The Balaban J connectivity index is 1.78. The quantitative estimate of drug-likeness (QED) is 0.670. The number of aromatic nitrogens is 2. The smallest absolute Gasteiger partial charge is 0.261 e. The second-order valence-corrected chi connectivity index (χ2v) is 8.96. The number of nitrogens with two attached hydrogens (primary N) is 1. The van der Waals surface area contributed by atoms with Crippen LogP contribution in [0.25, 0.3) is 11.0 Å². The predicted octanol–water partition coefficient (Wildman–Crippen LogP) is 3.26. The number of pyridine rings is 2. The van der Waals surface area contributed by atoms with Crippen LogP contribution in [-0.4, -0.2) is 21.4 Å². The first-order valence-electron chi connectivity index (χ1n) is 10.1. The van der Waals surface area contributed by atoms with E-state index in [0.717, 1.165) is 35.4 Å². The van der Waals surface area contributed by atoms with Crippen molar-refractivity contribution in [2.75, 3.05) is 5.32 Å². The molecule has 0 aromatic carbocycles. The molecule has 0 fully saturated rings. The molecule has 3 N–H and O–H groups in total. The first kappa shape index (κ1) is 20.3. The Morgan fingerprint density at radius 1 is 1.37 bits per heavy atom. The number of thiophene rings is 1. The molecule has 0 saturated heterocycles. The van der Waals surface area contributed by atoms with Crippen molar-refractivity contribution >= 4 is 39.2 Å². The summed E-state index contributed by atoms with van der Waals surface area (Å²) >= 11 is 1.38. The number of carbonyl (C=O) groups excluding carboxylic acids is 2. The minimum Gasteiger partial charge on any atom is -0.365 e. The van der Waals surface area contributed by atoms with Gasteiger partial charge in [-0.3, -0.25) is 14.4 Å². The summed E-state index contributed by atoms with van der Waals surface area (Å²) in [6, 6.07) is 3.45. The van der Waals surface area contributed by atoms with Crippen LogP contribution in [0, 0.1) is 12.8 Å². The molecule has 0 aliphatic heterocycles. The van der Waals surface area contributed by atoms with Gasteiger partial charge >= 0.3 is 0 Å². The van der Waals surface area contributed by atoms with Crippen LogP contribution < -0.4 is 16.5 Å². The SMILES string of the molecule is CCn1cc(C(=O)Nc2sc3c(c2C(N)=O)CCC(C)C3)c(=O)c2ccc(C)nc21. The number of primary amides is 1. The lowest BCUT2D eigenvalue weighted by Gasteiger charge is -2.18. The molecule has 1 atom stereocenters. The predicted molar refractivity (Wildman–Crippen MR) is 118 cm³/mol. The average molecular weight is 425 g/mol. The Bertz CT molecular complexity index is 1240. The van der Waals surface area contributed by atoms with Gasteiger partial charge in [-0.05, 0) is 56.7 Å². The van der Waals surface area contributed by atoms with E-state index in [-0.39, 0.29) is 11.0 Å². The summed E-state index contributed by atoms with van der Waals surface area (Å²) < 4.78 is 1.79. The molecule has 2 amide bonds. The lowest BCUT2D eigenvalue weighted by molar-refractivity contribution is 0.1000. The molecule has 4 rings (SSSR count). The first-order chi connectivity index (χ1) is 14.3. The maximum absolute atomic E-state index is 13.1. The lowest BCUT2D eigenvalue weighted by Crippen LogP contribution is -2.25. The minimum absolute atomic E-state index is 0.0187. The van der Waals surface area contributed by atoms with Crippen molar-refractivity contribution in [3.05, 3.63) is 55.8 Å². The van der Waals surface area contributed by atoms with E-state index in [4.69, 9.17) is 5.73 Å². The van der Waals surface area contributed by atoms with E-state index < -0.39 is 11.8 Å². The minimum atomic E-state index is -0.554. The Morgan fingerprint density at radius 3 is 2.83 bits per heavy atom. The van der Waals surface area contributed by atoms with E-state index >= 15 is 0 Å². The van der Waals surface area contributed by atoms with E-state index in [9.17, 15) is 14.4 Å². The normalized spacial score (nSPS) is 15.8. The van der Waals surface area contributed by atoms with E-state index in [0.29, 0.717) is 34.1 Å². The highest BCUT2D eigenvalue weighted by atomic mass is 32.1. The number of hydrogen-bond acceptors (Lipinski definition) is 5. The Kier molecular flexibility index (Phi) is 5.19. The molecule has 0 spiro atoms. The molecule has 3 heterocycles. The van der Waals surface area contributed by atoms with Crippen LogP contribution in [0.3, 0.4) is 0 Å². The van der Waals surface area contributed by atoms with Crippen molar-refractivity contribution in [1.82, 2.24) is 9.55 Å². The van der Waals surface area contributed by atoms with Crippen molar-refractivity contribution in [2.24, 2.45) is 11.7 Å². The highest BCUT2D eigenvalue weighted by Crippen LogP contribution is 2.39. The fourth-order valence-corrected chi connectivity index (χ4v) is 5.44. The molecule has 1 unspecified atom stereocenters. The van der Waals surface area contributed by atoms with Crippen LogP contribution >= 0.6 is 11.3 Å². The summed E-state index contributed by atoms with van der Waals surface area (Å²) in [6.45, 7) is 6.51. The van der Waals surface area contributed by atoms with Crippen molar-refractivity contribution in [3.8, 4) is 0 Å². The second kappa shape index (κ2) is 7.68. The van der Waals surface area contributed by atoms with Gasteiger partial charge < -0.3 is 15.6 Å². The Hall–Kier alpha value is -3.00. The number of hydrogen-bond donors (Lipinski definition) is 2. The number of amides is 2. The number of fused-ring (bicyclic) bond motifs is 2. The van der Waals surface area contributed by atoms with Gasteiger partial charge in [0.1, 0.15) is 16.2 Å². The summed E-state index contributed by atoms with van der Waals surface area (Å²) in [5, 5.41) is 3.61. The number of nitrogens with zero attached hydrogens (tertiary/aromatic N) is 2. The standard InChI is InChI=1S/C22H24N4O3S/c1-4-26-10-15(18(27)14-8-6-12(3)24-20(14)26)21(29)25-22-17(19(23)28)13-7-5-11(2)9-16(13)30-22/h6,8,10-11H,4-5,7,9H2,1-3H3,(H2,23,28)(H,25,29). The Morgan fingerprint density at radius 2 is 2.13 bits per heavy atom. The molecule has 1 aliphatic carbocycles. The molecular weight excluding hydrogens is 400 g/mol. The fraction of sp³-hybridized carbons (Fsp3) is 0.364. The second-order valence-electron chi connectivity index (χ2n) is 7.86.